The number of hydrogen-bond donors (Lipinski definition) is 0. The number of pyridine rings is 1. The Morgan fingerprint density at radius 2 is 1.96 bits per heavy atom. The van der Waals surface area contributed by atoms with Crippen LogP contribution in [0, 0.1) is 11.8 Å². The summed E-state index contributed by atoms with van der Waals surface area (Å²) in [4.78, 5) is 23.8. The molecule has 2 fully saturated rings. The molecule has 0 bridgehead atoms. The molecule has 1 aromatic heterocycles. The van der Waals surface area contributed by atoms with Crippen molar-refractivity contribution in [3.8, 4) is 0 Å². The first kappa shape index (κ1) is 18.2. The van der Waals surface area contributed by atoms with E-state index in [2.05, 4.69) is 16.8 Å². The lowest BCUT2D eigenvalue weighted by Crippen LogP contribution is -2.45. The molecule has 0 unspecified atom stereocenters. The maximum atomic E-state index is 12.8. The molecule has 3 rings (SSSR count). The Kier molecular flexibility index (Phi) is 5.94. The van der Waals surface area contributed by atoms with Crippen molar-refractivity contribution < 1.29 is 4.79 Å². The molecule has 0 N–H and O–H groups in total. The number of anilines is 1. The van der Waals surface area contributed by atoms with Gasteiger partial charge in [0.15, 0.2) is 0 Å². The molecule has 2 aliphatic rings. The molecule has 1 amide bonds. The van der Waals surface area contributed by atoms with Crippen LogP contribution in [-0.4, -0.2) is 67.5 Å². The summed E-state index contributed by atoms with van der Waals surface area (Å²) in [7, 11) is 3.92. The van der Waals surface area contributed by atoms with E-state index < -0.39 is 0 Å². The molecule has 1 atom stereocenters. The number of carbonyl (C=O) groups is 1. The van der Waals surface area contributed by atoms with Crippen LogP contribution in [0.5, 0.6) is 0 Å². The van der Waals surface area contributed by atoms with Gasteiger partial charge in [-0.1, -0.05) is 6.92 Å². The van der Waals surface area contributed by atoms with Crippen LogP contribution < -0.4 is 4.90 Å². The highest BCUT2D eigenvalue weighted by molar-refractivity contribution is 5.94. The van der Waals surface area contributed by atoms with Crippen molar-refractivity contribution in [1.29, 1.82) is 0 Å². The molecule has 0 saturated carbocycles. The standard InChI is InChI=1S/C20H32N4O/c1-16-8-11-23(12-9-16)14-17-5-4-10-24(15-17)20(25)18-6-7-19(21-13-18)22(2)3/h6-7,13,16-17H,4-5,8-12,14-15H2,1-3H3/t17-/m1/s1. The quantitative estimate of drug-likeness (QED) is 0.842. The van der Waals surface area contributed by atoms with Gasteiger partial charge in [0.1, 0.15) is 5.82 Å². The summed E-state index contributed by atoms with van der Waals surface area (Å²) in [6.07, 6.45) is 6.71. The molecule has 138 valence electrons. The van der Waals surface area contributed by atoms with E-state index in [1.165, 1.54) is 32.4 Å². The molecule has 2 aliphatic heterocycles. The van der Waals surface area contributed by atoms with E-state index in [0.717, 1.165) is 37.8 Å². The van der Waals surface area contributed by atoms with E-state index in [-0.39, 0.29) is 5.91 Å². The highest BCUT2D eigenvalue weighted by Crippen LogP contribution is 2.23. The van der Waals surface area contributed by atoms with Crippen molar-refractivity contribution in [1.82, 2.24) is 14.8 Å². The normalized spacial score (nSPS) is 22.8. The van der Waals surface area contributed by atoms with Crippen molar-refractivity contribution in [2.45, 2.75) is 32.6 Å². The summed E-state index contributed by atoms with van der Waals surface area (Å²) < 4.78 is 0. The van der Waals surface area contributed by atoms with Crippen LogP contribution in [0.15, 0.2) is 18.3 Å². The number of nitrogens with zero attached hydrogens (tertiary/aromatic N) is 4. The van der Waals surface area contributed by atoms with E-state index >= 15 is 0 Å². The fourth-order valence-corrected chi connectivity index (χ4v) is 3.97. The number of likely N-dealkylation sites (tertiary alicyclic amines) is 2. The number of hydrogen-bond acceptors (Lipinski definition) is 4. The molecule has 0 aliphatic carbocycles. The predicted molar refractivity (Wildman–Crippen MR) is 102 cm³/mol. The molecule has 1 aromatic rings. The highest BCUT2D eigenvalue weighted by atomic mass is 16.2. The van der Waals surface area contributed by atoms with Crippen LogP contribution >= 0.6 is 0 Å². The summed E-state index contributed by atoms with van der Waals surface area (Å²) in [5.74, 6) is 2.50. The largest absolute Gasteiger partial charge is 0.363 e. The Balaban J connectivity index is 1.56. The minimum atomic E-state index is 0.134. The van der Waals surface area contributed by atoms with Crippen LogP contribution in [0.2, 0.25) is 0 Å². The summed E-state index contributed by atoms with van der Waals surface area (Å²) in [6.45, 7) is 7.72. The lowest BCUT2D eigenvalue weighted by Gasteiger charge is -2.37. The second-order valence-electron chi connectivity index (χ2n) is 8.04. The molecule has 25 heavy (non-hydrogen) atoms. The summed E-state index contributed by atoms with van der Waals surface area (Å²) in [5.41, 5.74) is 0.707. The highest BCUT2D eigenvalue weighted by Gasteiger charge is 2.27. The second kappa shape index (κ2) is 8.17. The van der Waals surface area contributed by atoms with Gasteiger partial charge in [0.2, 0.25) is 0 Å². The van der Waals surface area contributed by atoms with E-state index in [0.29, 0.717) is 11.5 Å². The van der Waals surface area contributed by atoms with Gasteiger partial charge in [-0.2, -0.15) is 0 Å². The van der Waals surface area contributed by atoms with Crippen molar-refractivity contribution in [2.24, 2.45) is 11.8 Å². The number of carbonyl (C=O) groups excluding carboxylic acids is 1. The Bertz CT molecular complexity index is 564. The Labute approximate surface area is 152 Å². The monoisotopic (exact) mass is 344 g/mol. The average Bonchev–Trinajstić information content (AvgIpc) is 2.63. The van der Waals surface area contributed by atoms with Gasteiger partial charge in [-0.15, -0.1) is 0 Å². The maximum Gasteiger partial charge on any atom is 0.255 e. The van der Waals surface area contributed by atoms with Crippen molar-refractivity contribution >= 4 is 11.7 Å². The molecule has 5 heteroatoms. The van der Waals surface area contributed by atoms with Crippen LogP contribution in [-0.2, 0) is 0 Å². The van der Waals surface area contributed by atoms with Crippen molar-refractivity contribution in [3.63, 3.8) is 0 Å². The summed E-state index contributed by atoms with van der Waals surface area (Å²) >= 11 is 0. The van der Waals surface area contributed by atoms with Gasteiger partial charge in [-0.05, 0) is 62.7 Å². The van der Waals surface area contributed by atoms with Crippen LogP contribution in [0.4, 0.5) is 5.82 Å². The zero-order valence-corrected chi connectivity index (χ0v) is 15.9. The topological polar surface area (TPSA) is 39.7 Å². The predicted octanol–water partition coefficient (Wildman–Crippen LogP) is 2.73. The minimum absolute atomic E-state index is 0.134. The average molecular weight is 345 g/mol. The van der Waals surface area contributed by atoms with E-state index in [1.807, 2.05) is 36.0 Å². The molecule has 0 radical (unpaired) electrons. The van der Waals surface area contributed by atoms with Crippen molar-refractivity contribution in [3.05, 3.63) is 23.9 Å². The molecule has 5 nitrogen and oxygen atoms in total. The van der Waals surface area contributed by atoms with Crippen molar-refractivity contribution in [2.75, 3.05) is 51.7 Å². The van der Waals surface area contributed by atoms with Gasteiger partial charge in [-0.3, -0.25) is 4.79 Å². The third-order valence-corrected chi connectivity index (χ3v) is 5.65. The second-order valence-corrected chi connectivity index (χ2v) is 8.04. The third kappa shape index (κ3) is 4.72. The van der Waals surface area contributed by atoms with Gasteiger partial charge in [0.05, 0.1) is 5.56 Å². The Hall–Kier alpha value is -1.62. The minimum Gasteiger partial charge on any atom is -0.363 e. The zero-order chi connectivity index (χ0) is 17.8. The first-order chi connectivity index (χ1) is 12.0. The number of piperidine rings is 2. The SMILES string of the molecule is CC1CCN(C[C@H]2CCCN(C(=O)c3ccc(N(C)C)nc3)C2)CC1. The van der Waals surface area contributed by atoms with E-state index in [1.54, 1.807) is 6.20 Å². The van der Waals surface area contributed by atoms with E-state index in [9.17, 15) is 4.79 Å². The number of aromatic nitrogens is 1. The van der Waals surface area contributed by atoms with Crippen LogP contribution in [0.1, 0.15) is 43.0 Å². The van der Waals surface area contributed by atoms with Gasteiger partial charge in [0.25, 0.3) is 5.91 Å². The van der Waals surface area contributed by atoms with Gasteiger partial charge in [0, 0.05) is 39.9 Å². The molecular formula is C20H32N4O. The number of amides is 1. The van der Waals surface area contributed by atoms with Crippen LogP contribution in [0.3, 0.4) is 0 Å². The lowest BCUT2D eigenvalue weighted by atomic mass is 9.94. The molecule has 2 saturated heterocycles. The summed E-state index contributed by atoms with van der Waals surface area (Å²) in [6, 6.07) is 3.82. The van der Waals surface area contributed by atoms with Gasteiger partial charge in [-0.25, -0.2) is 4.98 Å². The lowest BCUT2D eigenvalue weighted by molar-refractivity contribution is 0.0622. The first-order valence-electron chi connectivity index (χ1n) is 9.68. The van der Waals surface area contributed by atoms with Gasteiger partial charge >= 0.3 is 0 Å². The fourth-order valence-electron chi connectivity index (χ4n) is 3.97. The molecular weight excluding hydrogens is 312 g/mol. The third-order valence-electron chi connectivity index (χ3n) is 5.65. The Morgan fingerprint density at radius 1 is 1.20 bits per heavy atom. The summed E-state index contributed by atoms with van der Waals surface area (Å²) in [5, 5.41) is 0. The zero-order valence-electron chi connectivity index (χ0n) is 15.9. The fraction of sp³-hybridized carbons (Fsp3) is 0.700. The Morgan fingerprint density at radius 3 is 2.60 bits per heavy atom. The molecule has 3 heterocycles. The molecule has 0 aromatic carbocycles. The van der Waals surface area contributed by atoms with Crippen LogP contribution in [0.25, 0.3) is 0 Å². The van der Waals surface area contributed by atoms with Gasteiger partial charge < -0.3 is 14.7 Å². The number of rotatable bonds is 4. The smallest absolute Gasteiger partial charge is 0.255 e. The van der Waals surface area contributed by atoms with E-state index in [4.69, 9.17) is 0 Å². The first-order valence-corrected chi connectivity index (χ1v) is 9.68. The maximum absolute atomic E-state index is 12.8. The molecule has 0 spiro atoms.